The van der Waals surface area contributed by atoms with E-state index in [-0.39, 0.29) is 5.82 Å². The minimum absolute atomic E-state index is 0.235. The summed E-state index contributed by atoms with van der Waals surface area (Å²) in [5.41, 5.74) is 2.84. The number of hydrogen-bond donors (Lipinski definition) is 0. The molecule has 0 amide bonds. The Labute approximate surface area is 160 Å². The van der Waals surface area contributed by atoms with Crippen molar-refractivity contribution < 1.29 is 4.39 Å². The van der Waals surface area contributed by atoms with Gasteiger partial charge in [0.05, 0.1) is 6.54 Å². The smallest absolute Gasteiger partial charge is 0.192 e. The molecule has 0 radical (unpaired) electrons. The first-order valence-corrected chi connectivity index (χ1v) is 9.39. The van der Waals surface area contributed by atoms with E-state index >= 15 is 0 Å². The quantitative estimate of drug-likeness (QED) is 0.471. The van der Waals surface area contributed by atoms with Crippen molar-refractivity contribution in [3.8, 4) is 11.5 Å². The Balaban J connectivity index is 1.64. The Bertz CT molecular complexity index is 1000. The van der Waals surface area contributed by atoms with Crippen LogP contribution in [0.4, 0.5) is 4.39 Å². The largest absolute Gasteiger partial charge is 0.296 e. The summed E-state index contributed by atoms with van der Waals surface area (Å²) < 4.78 is 15.1. The molecule has 134 valence electrons. The van der Waals surface area contributed by atoms with Crippen LogP contribution >= 0.6 is 11.8 Å². The SMILES string of the molecule is Fc1ccc(CSc2nnc(-c3ccccn3)n2Cc2cccnc2)cc1. The molecule has 4 aromatic rings. The van der Waals surface area contributed by atoms with Crippen LogP contribution in [0.15, 0.2) is 78.3 Å². The highest BCUT2D eigenvalue weighted by atomic mass is 32.2. The summed E-state index contributed by atoms with van der Waals surface area (Å²) >= 11 is 1.56. The van der Waals surface area contributed by atoms with E-state index in [2.05, 4.69) is 20.2 Å². The van der Waals surface area contributed by atoms with Gasteiger partial charge in [0.1, 0.15) is 11.5 Å². The molecule has 0 N–H and O–H groups in total. The van der Waals surface area contributed by atoms with E-state index in [9.17, 15) is 4.39 Å². The van der Waals surface area contributed by atoms with Crippen molar-refractivity contribution in [1.82, 2.24) is 24.7 Å². The van der Waals surface area contributed by atoms with E-state index in [0.29, 0.717) is 18.1 Å². The highest BCUT2D eigenvalue weighted by Gasteiger charge is 2.16. The van der Waals surface area contributed by atoms with E-state index < -0.39 is 0 Å². The van der Waals surface area contributed by atoms with Crippen molar-refractivity contribution in [2.75, 3.05) is 0 Å². The molecule has 0 spiro atoms. The molecule has 5 nitrogen and oxygen atoms in total. The van der Waals surface area contributed by atoms with Gasteiger partial charge in [0, 0.05) is 24.3 Å². The number of rotatable bonds is 6. The lowest BCUT2D eigenvalue weighted by Crippen LogP contribution is -2.05. The van der Waals surface area contributed by atoms with E-state index in [1.807, 2.05) is 41.1 Å². The third-order valence-electron chi connectivity index (χ3n) is 3.96. The standard InChI is InChI=1S/C20H16FN5S/c21-17-8-6-15(7-9-17)14-27-20-25-24-19(18-5-1-2-11-23-18)26(20)13-16-4-3-10-22-12-16/h1-12H,13-14H2. The van der Waals surface area contributed by atoms with E-state index in [4.69, 9.17) is 0 Å². The summed E-state index contributed by atoms with van der Waals surface area (Å²) in [6.45, 7) is 0.596. The van der Waals surface area contributed by atoms with Crippen LogP contribution in [-0.4, -0.2) is 24.7 Å². The molecule has 0 saturated carbocycles. The van der Waals surface area contributed by atoms with Gasteiger partial charge in [-0.3, -0.25) is 14.5 Å². The number of thioether (sulfide) groups is 1. The number of benzene rings is 1. The second-order valence-corrected chi connectivity index (χ2v) is 6.83. The van der Waals surface area contributed by atoms with Crippen LogP contribution in [-0.2, 0) is 12.3 Å². The summed E-state index contributed by atoms with van der Waals surface area (Å²) in [5, 5.41) is 9.50. The molecule has 3 heterocycles. The molecule has 0 aliphatic carbocycles. The summed E-state index contributed by atoms with van der Waals surface area (Å²) in [4.78, 5) is 8.59. The lowest BCUT2D eigenvalue weighted by molar-refractivity contribution is 0.627. The average molecular weight is 377 g/mol. The van der Waals surface area contributed by atoms with Crippen molar-refractivity contribution in [2.24, 2.45) is 0 Å². The normalized spacial score (nSPS) is 10.9. The fraction of sp³-hybridized carbons (Fsp3) is 0.100. The molecule has 4 rings (SSSR count). The zero-order valence-electron chi connectivity index (χ0n) is 14.4. The maximum Gasteiger partial charge on any atom is 0.192 e. The minimum Gasteiger partial charge on any atom is -0.296 e. The van der Waals surface area contributed by atoms with Crippen LogP contribution in [0.1, 0.15) is 11.1 Å². The van der Waals surface area contributed by atoms with Gasteiger partial charge in [-0.2, -0.15) is 0 Å². The van der Waals surface area contributed by atoms with Gasteiger partial charge < -0.3 is 0 Å². The molecule has 7 heteroatoms. The van der Waals surface area contributed by atoms with Crippen molar-refractivity contribution >= 4 is 11.8 Å². The third-order valence-corrected chi connectivity index (χ3v) is 4.99. The number of halogens is 1. The van der Waals surface area contributed by atoms with Crippen molar-refractivity contribution in [1.29, 1.82) is 0 Å². The second kappa shape index (κ2) is 8.09. The monoisotopic (exact) mass is 377 g/mol. The molecule has 0 aliphatic rings. The van der Waals surface area contributed by atoms with E-state index in [1.54, 1.807) is 36.3 Å². The molecule has 1 aromatic carbocycles. The lowest BCUT2D eigenvalue weighted by Gasteiger charge is -2.10. The van der Waals surface area contributed by atoms with Crippen molar-refractivity contribution in [2.45, 2.75) is 17.5 Å². The summed E-state index contributed by atoms with van der Waals surface area (Å²) in [6.07, 6.45) is 5.32. The van der Waals surface area contributed by atoms with E-state index in [1.165, 1.54) is 12.1 Å². The van der Waals surface area contributed by atoms with Gasteiger partial charge in [-0.1, -0.05) is 36.0 Å². The minimum atomic E-state index is -0.235. The van der Waals surface area contributed by atoms with Crippen LogP contribution in [0.25, 0.3) is 11.5 Å². The molecule has 27 heavy (non-hydrogen) atoms. The Kier molecular flexibility index (Phi) is 5.20. The summed E-state index contributed by atoms with van der Waals surface area (Å²) in [5.74, 6) is 1.15. The molecule has 0 unspecified atom stereocenters. The molecule has 0 atom stereocenters. The molecule has 0 aliphatic heterocycles. The summed E-state index contributed by atoms with van der Waals surface area (Å²) in [7, 11) is 0. The number of aromatic nitrogens is 5. The van der Waals surface area contributed by atoms with Gasteiger partial charge in [0.15, 0.2) is 11.0 Å². The first kappa shape index (κ1) is 17.4. The first-order chi connectivity index (χ1) is 13.3. The van der Waals surface area contributed by atoms with E-state index in [0.717, 1.165) is 22.0 Å². The molecule has 0 fully saturated rings. The number of nitrogens with zero attached hydrogens (tertiary/aromatic N) is 5. The highest BCUT2D eigenvalue weighted by Crippen LogP contribution is 2.26. The Morgan fingerprint density at radius 3 is 2.52 bits per heavy atom. The Morgan fingerprint density at radius 2 is 1.78 bits per heavy atom. The maximum absolute atomic E-state index is 13.1. The van der Waals surface area contributed by atoms with Crippen LogP contribution in [0.2, 0.25) is 0 Å². The van der Waals surface area contributed by atoms with Crippen LogP contribution < -0.4 is 0 Å². The Hall–Kier alpha value is -3.06. The van der Waals surface area contributed by atoms with Gasteiger partial charge in [0.2, 0.25) is 0 Å². The van der Waals surface area contributed by atoms with Gasteiger partial charge >= 0.3 is 0 Å². The van der Waals surface area contributed by atoms with Crippen molar-refractivity contribution in [3.05, 3.63) is 90.1 Å². The number of pyridine rings is 2. The van der Waals surface area contributed by atoms with Gasteiger partial charge in [0.25, 0.3) is 0 Å². The number of hydrogen-bond acceptors (Lipinski definition) is 5. The van der Waals surface area contributed by atoms with Crippen LogP contribution in [0, 0.1) is 5.82 Å². The highest BCUT2D eigenvalue weighted by molar-refractivity contribution is 7.98. The van der Waals surface area contributed by atoms with Crippen LogP contribution in [0.5, 0.6) is 0 Å². The summed E-state index contributed by atoms with van der Waals surface area (Å²) in [6, 6.07) is 16.1. The predicted octanol–water partition coefficient (Wildman–Crippen LogP) is 4.21. The fourth-order valence-corrected chi connectivity index (χ4v) is 3.52. The molecule has 0 saturated heterocycles. The lowest BCUT2D eigenvalue weighted by atomic mass is 10.2. The topological polar surface area (TPSA) is 56.5 Å². The predicted molar refractivity (Wildman–Crippen MR) is 103 cm³/mol. The van der Waals surface area contributed by atoms with Gasteiger partial charge in [-0.25, -0.2) is 4.39 Å². The fourth-order valence-electron chi connectivity index (χ4n) is 2.63. The Morgan fingerprint density at radius 1 is 0.889 bits per heavy atom. The zero-order valence-corrected chi connectivity index (χ0v) is 15.2. The van der Waals surface area contributed by atoms with Crippen molar-refractivity contribution in [3.63, 3.8) is 0 Å². The molecule has 3 aromatic heterocycles. The molecule has 0 bridgehead atoms. The maximum atomic E-state index is 13.1. The molecular weight excluding hydrogens is 361 g/mol. The average Bonchev–Trinajstić information content (AvgIpc) is 3.11. The molecular formula is C20H16FN5S. The second-order valence-electron chi connectivity index (χ2n) is 5.88. The third kappa shape index (κ3) is 4.20. The van der Waals surface area contributed by atoms with Crippen LogP contribution in [0.3, 0.4) is 0 Å². The van der Waals surface area contributed by atoms with Gasteiger partial charge in [-0.15, -0.1) is 10.2 Å². The van der Waals surface area contributed by atoms with Gasteiger partial charge in [-0.05, 0) is 41.5 Å². The zero-order chi connectivity index (χ0) is 18.5. The first-order valence-electron chi connectivity index (χ1n) is 8.40.